The van der Waals surface area contributed by atoms with Gasteiger partial charge in [0, 0.05) is 16.1 Å². The van der Waals surface area contributed by atoms with Gasteiger partial charge in [-0.05, 0) is 36.4 Å². The summed E-state index contributed by atoms with van der Waals surface area (Å²) in [4.78, 5) is 21.1. The Morgan fingerprint density at radius 2 is 1.23 bits per heavy atom. The normalized spacial score (nSPS) is 9.50. The van der Waals surface area contributed by atoms with Crippen molar-refractivity contribution in [2.45, 2.75) is 0 Å². The number of ether oxygens (including phenoxy) is 1. The maximum atomic E-state index is 13.0. The molecule has 14 heteroatoms. The van der Waals surface area contributed by atoms with Gasteiger partial charge in [-0.1, -0.05) is 31.9 Å². The molecule has 0 amide bonds. The lowest BCUT2D eigenvalue weighted by Gasteiger charge is -2.00. The van der Waals surface area contributed by atoms with Gasteiger partial charge in [0.05, 0.1) is 18.2 Å². The topological polar surface area (TPSA) is 158 Å². The van der Waals surface area contributed by atoms with E-state index in [4.69, 9.17) is 27.7 Å². The van der Waals surface area contributed by atoms with E-state index in [1.54, 1.807) is 6.07 Å². The Morgan fingerprint density at radius 3 is 1.50 bits per heavy atom. The number of hydrogen-bond donors (Lipinski definition) is 4. The number of hydrogen-bond acceptors (Lipinski definition) is 6. The summed E-state index contributed by atoms with van der Waals surface area (Å²) in [5.74, 6) is -3.24. The molecule has 0 aromatic heterocycles. The molecule has 0 heterocycles. The van der Waals surface area contributed by atoms with Crippen molar-refractivity contribution >= 4 is 54.2 Å². The first-order valence-corrected chi connectivity index (χ1v) is 10.1. The van der Waals surface area contributed by atoms with Gasteiger partial charge in [0.1, 0.15) is 11.6 Å². The smallest absolute Gasteiger partial charge is 0.394 e. The van der Waals surface area contributed by atoms with Crippen LogP contribution >= 0.6 is 31.9 Å². The summed E-state index contributed by atoms with van der Waals surface area (Å²) in [7, 11) is -2.45. The van der Waals surface area contributed by atoms with E-state index in [1.165, 1.54) is 31.4 Å². The zero-order valence-corrected chi connectivity index (χ0v) is 19.2. The highest BCUT2D eigenvalue weighted by atomic mass is 79.9. The van der Waals surface area contributed by atoms with Gasteiger partial charge in [-0.2, -0.15) is 8.42 Å². The van der Waals surface area contributed by atoms with Crippen LogP contribution in [0.1, 0.15) is 20.7 Å². The molecule has 2 rings (SSSR count). The molecular formula is C16H16Br2F2O9S. The summed E-state index contributed by atoms with van der Waals surface area (Å²) in [6.07, 6.45) is 0. The fraction of sp³-hybridized carbons (Fsp3) is 0.125. The molecule has 0 bridgehead atoms. The number of carboxylic acids is 1. The molecule has 0 aliphatic heterocycles. The molecule has 2 aromatic rings. The molecule has 0 saturated carbocycles. The number of esters is 1. The maximum absolute atomic E-state index is 13.0. The lowest BCUT2D eigenvalue weighted by molar-refractivity contribution is 0.0594. The summed E-state index contributed by atoms with van der Waals surface area (Å²) < 4.78 is 62.7. The van der Waals surface area contributed by atoms with Gasteiger partial charge in [0.25, 0.3) is 0 Å². The molecule has 0 fully saturated rings. The van der Waals surface area contributed by atoms with Gasteiger partial charge >= 0.3 is 22.3 Å². The molecule has 2 aromatic carbocycles. The number of carbonyl (C=O) groups is 2. The number of aliphatic hydroxyl groups excluding tert-OH is 1. The van der Waals surface area contributed by atoms with Crippen molar-refractivity contribution in [2.24, 2.45) is 0 Å². The minimum Gasteiger partial charge on any atom is -0.478 e. The van der Waals surface area contributed by atoms with E-state index in [0.717, 1.165) is 13.2 Å². The number of methoxy groups -OCH3 is 1. The van der Waals surface area contributed by atoms with Gasteiger partial charge in [-0.3, -0.25) is 9.11 Å². The van der Waals surface area contributed by atoms with E-state index in [1.807, 2.05) is 0 Å². The average Bonchev–Trinajstić information content (AvgIpc) is 2.61. The lowest BCUT2D eigenvalue weighted by Crippen LogP contribution is -2.03. The van der Waals surface area contributed by atoms with Crippen LogP contribution < -0.4 is 0 Å². The lowest BCUT2D eigenvalue weighted by atomic mass is 10.2. The summed E-state index contributed by atoms with van der Waals surface area (Å²) in [5, 5.41) is 15.4. The van der Waals surface area contributed by atoms with Crippen molar-refractivity contribution in [3.8, 4) is 0 Å². The first kappa shape index (κ1) is 30.2. The minimum absolute atomic E-state index is 0.0549. The average molecular weight is 582 g/mol. The van der Waals surface area contributed by atoms with Crippen molar-refractivity contribution in [2.75, 3.05) is 14.2 Å². The second-order valence-corrected chi connectivity index (χ2v) is 7.22. The van der Waals surface area contributed by atoms with E-state index in [2.05, 4.69) is 36.6 Å². The van der Waals surface area contributed by atoms with Crippen LogP contribution in [0.2, 0.25) is 0 Å². The fourth-order valence-electron chi connectivity index (χ4n) is 1.43. The number of aromatic carboxylic acids is 1. The Balaban J connectivity index is 0. The molecule has 168 valence electrons. The predicted molar refractivity (Wildman–Crippen MR) is 109 cm³/mol. The second-order valence-electron chi connectivity index (χ2n) is 4.49. The molecule has 0 spiro atoms. The molecule has 0 saturated heterocycles. The highest BCUT2D eigenvalue weighted by molar-refractivity contribution is 9.10. The Kier molecular flexibility index (Phi) is 15.0. The number of benzene rings is 2. The molecule has 9 nitrogen and oxygen atoms in total. The highest BCUT2D eigenvalue weighted by Gasteiger charge is 2.11. The molecule has 0 aliphatic rings. The second kappa shape index (κ2) is 14.9. The summed E-state index contributed by atoms with van der Waals surface area (Å²) in [6.45, 7) is 0. The monoisotopic (exact) mass is 580 g/mol. The van der Waals surface area contributed by atoms with E-state index in [9.17, 15) is 18.4 Å². The SMILES string of the molecule is CO.COC(=O)c1ccc(Br)cc1F.O=C(O)c1ccc(Br)cc1F.O=S(=O)(O)O. The third-order valence-electron chi connectivity index (χ3n) is 2.50. The van der Waals surface area contributed by atoms with Crippen molar-refractivity contribution < 1.29 is 50.8 Å². The third kappa shape index (κ3) is 14.1. The summed E-state index contributed by atoms with van der Waals surface area (Å²) in [5.41, 5.74) is -0.367. The van der Waals surface area contributed by atoms with Crippen LogP contribution in [0.15, 0.2) is 45.3 Å². The number of carbonyl (C=O) groups excluding carboxylic acids is 1. The minimum atomic E-state index is -4.67. The van der Waals surface area contributed by atoms with Crippen molar-refractivity contribution in [3.63, 3.8) is 0 Å². The molecule has 0 aliphatic carbocycles. The van der Waals surface area contributed by atoms with Crippen molar-refractivity contribution in [3.05, 3.63) is 68.1 Å². The molecule has 30 heavy (non-hydrogen) atoms. The number of rotatable bonds is 2. The Morgan fingerprint density at radius 1 is 0.900 bits per heavy atom. The highest BCUT2D eigenvalue weighted by Crippen LogP contribution is 2.16. The zero-order chi connectivity index (χ0) is 24.1. The quantitative estimate of drug-likeness (QED) is 0.307. The van der Waals surface area contributed by atoms with E-state index in [-0.39, 0.29) is 11.1 Å². The van der Waals surface area contributed by atoms with Crippen LogP contribution in [0.25, 0.3) is 0 Å². The Bertz CT molecular complexity index is 946. The van der Waals surface area contributed by atoms with Crippen LogP contribution in [0, 0.1) is 11.6 Å². The van der Waals surface area contributed by atoms with Crippen LogP contribution in [-0.2, 0) is 15.1 Å². The fourth-order valence-corrected chi connectivity index (χ4v) is 2.09. The number of halogens is 4. The first-order valence-electron chi connectivity index (χ1n) is 7.12. The van der Waals surface area contributed by atoms with Crippen molar-refractivity contribution in [1.29, 1.82) is 0 Å². The van der Waals surface area contributed by atoms with Gasteiger partial charge < -0.3 is 14.9 Å². The molecular weight excluding hydrogens is 566 g/mol. The van der Waals surface area contributed by atoms with E-state index in [0.29, 0.717) is 8.95 Å². The van der Waals surface area contributed by atoms with Gasteiger partial charge in [-0.15, -0.1) is 0 Å². The largest absolute Gasteiger partial charge is 0.478 e. The predicted octanol–water partition coefficient (Wildman–Crippen LogP) is 3.62. The van der Waals surface area contributed by atoms with E-state index >= 15 is 0 Å². The Hall–Kier alpha value is -1.97. The van der Waals surface area contributed by atoms with Crippen LogP contribution in [-0.4, -0.2) is 53.9 Å². The summed E-state index contributed by atoms with van der Waals surface area (Å²) >= 11 is 6.09. The maximum Gasteiger partial charge on any atom is 0.394 e. The van der Waals surface area contributed by atoms with Crippen LogP contribution in [0.4, 0.5) is 8.78 Å². The molecule has 0 radical (unpaired) electrons. The van der Waals surface area contributed by atoms with E-state index < -0.39 is 34.0 Å². The molecule has 0 unspecified atom stereocenters. The van der Waals surface area contributed by atoms with Gasteiger partial charge in [-0.25, -0.2) is 18.4 Å². The molecule has 0 atom stereocenters. The number of aliphatic hydroxyl groups is 1. The standard InChI is InChI=1S/C8H6BrFO2.C7H4BrFO2.CH4O.H2O4S/c1-12-8(11)6-3-2-5(9)4-7(6)10;8-4-1-2-5(7(10)11)6(9)3-4;1-2;1-5(2,3)4/h2-4H,1H3;1-3H,(H,10,11);2H,1H3;(H2,1,2,3,4). The number of carboxylic acid groups (broad SMARTS) is 1. The Labute approximate surface area is 187 Å². The van der Waals surface area contributed by atoms with Gasteiger partial charge in [0.2, 0.25) is 0 Å². The van der Waals surface area contributed by atoms with Crippen molar-refractivity contribution in [1.82, 2.24) is 0 Å². The summed E-state index contributed by atoms with van der Waals surface area (Å²) in [6, 6.07) is 7.96. The first-order chi connectivity index (χ1) is 13.8. The zero-order valence-electron chi connectivity index (χ0n) is 15.2. The van der Waals surface area contributed by atoms with Crippen LogP contribution in [0.3, 0.4) is 0 Å². The third-order valence-corrected chi connectivity index (χ3v) is 3.48. The van der Waals surface area contributed by atoms with Crippen LogP contribution in [0.5, 0.6) is 0 Å². The molecule has 4 N–H and O–H groups in total. The van der Waals surface area contributed by atoms with Gasteiger partial charge in [0.15, 0.2) is 0 Å².